The van der Waals surface area contributed by atoms with Crippen molar-refractivity contribution in [3.63, 3.8) is 0 Å². The first kappa shape index (κ1) is 106. The smallest absolute Gasteiger partial charge is 0.305 e. The number of carbonyl (C=O) groups excluding carboxylic acids is 15. The zero-order valence-corrected chi connectivity index (χ0v) is 76.5. The number of fused-ring (bicyclic) bond motifs is 3. The first-order valence-electron chi connectivity index (χ1n) is 44.4. The largest absolute Gasteiger partial charge is 0.508 e. The number of aromatic hydroxyl groups is 1. The van der Waals surface area contributed by atoms with Gasteiger partial charge in [-0.3, -0.25) is 86.3 Å². The van der Waals surface area contributed by atoms with Gasteiger partial charge in [0.2, 0.25) is 88.6 Å². The van der Waals surface area contributed by atoms with Gasteiger partial charge in [-0.1, -0.05) is 125 Å². The van der Waals surface area contributed by atoms with Crippen molar-refractivity contribution in [2.24, 2.45) is 11.5 Å². The maximum absolute atomic E-state index is 15.9. The fourth-order valence-corrected chi connectivity index (χ4v) is 15.6. The van der Waals surface area contributed by atoms with E-state index in [9.17, 15) is 82.8 Å². The minimum atomic E-state index is -2.18. The van der Waals surface area contributed by atoms with E-state index in [2.05, 4.69) is 126 Å². The lowest BCUT2D eigenvalue weighted by Gasteiger charge is -2.28. The van der Waals surface area contributed by atoms with Crippen LogP contribution in [0.5, 0.6) is 5.75 Å². The third-order valence-corrected chi connectivity index (χ3v) is 23.1. The molecule has 0 spiro atoms. The number of primary amides is 2. The molecular weight excluding hydrogens is 1820 g/mol. The Morgan fingerprint density at radius 2 is 0.672 bits per heavy atom. The molecule has 4 aromatic carbocycles. The summed E-state index contributed by atoms with van der Waals surface area (Å²) in [5, 5.41) is 73.5. The summed E-state index contributed by atoms with van der Waals surface area (Å²) in [5.74, 6) is -22.2. The molecule has 9 rings (SSSR count). The molecule has 0 unspecified atom stereocenters. The van der Waals surface area contributed by atoms with E-state index in [0.717, 1.165) is 38.5 Å². The molecule has 5 heterocycles. The van der Waals surface area contributed by atoms with Crippen LogP contribution in [0.2, 0.25) is 0 Å². The SMILES string of the molecule is CCCCCCCCCCCC(=O)NCC(=O)N[C@@H](CS)C(=O)N[C@@H](CCC(N)=O)C(=O)N[C@@H](Cc1c[nH]cn1)C(=O)N[C@H](Cc1c[nH]c2ccccc12)C(=O)N[C@@H](Cc1c[nH]c2ccccc12)C(=O)N[C@@H](Cc1c[nH]cn1)C(=O)N[C@@H](Cc1c[nH]c2ccccc12)C(=O)N[C@@H](Cc1ccc(O)cc1)C(=O)N[C@@H](CS)C(=O)N[C@@H](CC(=O)O)C(=O)N[C@@H](CC(=O)O)C(=O)N[C@@H](CC(=O)O)C(N)=O. The number of carboxylic acids is 3. The van der Waals surface area contributed by atoms with E-state index in [4.69, 9.17) is 11.5 Å². The highest BCUT2D eigenvalue weighted by molar-refractivity contribution is 7.80. The summed E-state index contributed by atoms with van der Waals surface area (Å²) in [6, 6.07) is 4.72. The highest BCUT2D eigenvalue weighted by Crippen LogP contribution is 2.25. The third-order valence-electron chi connectivity index (χ3n) is 22.4. The molecule has 0 bridgehead atoms. The molecule has 44 nitrogen and oxygen atoms in total. The number of carboxylic acid groups (broad SMARTS) is 3. The van der Waals surface area contributed by atoms with Crippen LogP contribution in [-0.2, 0) is 125 Å². The summed E-state index contributed by atoms with van der Waals surface area (Å²) in [7, 11) is 0. The van der Waals surface area contributed by atoms with Gasteiger partial charge in [0, 0.05) is 127 Å². The Kier molecular flexibility index (Phi) is 40.9. The van der Waals surface area contributed by atoms with Gasteiger partial charge in [-0.25, -0.2) is 9.97 Å². The van der Waals surface area contributed by atoms with Crippen LogP contribution in [-0.4, -0.2) is 252 Å². The number of phenols is 1. The normalized spacial score (nSPS) is 13.8. The lowest BCUT2D eigenvalue weighted by Crippen LogP contribution is -2.62. The summed E-state index contributed by atoms with van der Waals surface area (Å²) in [6.45, 7) is 1.66. The summed E-state index contributed by atoms with van der Waals surface area (Å²) >= 11 is 8.54. The van der Waals surface area contributed by atoms with E-state index in [1.807, 2.05) is 10.6 Å². The molecule has 0 fully saturated rings. The molecule has 46 heteroatoms. The Hall–Kier alpha value is -15.1. The van der Waals surface area contributed by atoms with E-state index in [-0.39, 0.29) is 66.5 Å². The third kappa shape index (κ3) is 33.5. The first-order chi connectivity index (χ1) is 65.6. The van der Waals surface area contributed by atoms with Crippen LogP contribution in [0.15, 0.2) is 141 Å². The number of H-pyrrole nitrogens is 5. The maximum Gasteiger partial charge on any atom is 0.305 e. The van der Waals surface area contributed by atoms with Crippen molar-refractivity contribution in [3.05, 3.63) is 174 Å². The number of unbranched alkanes of at least 4 members (excludes halogenated alkanes) is 8. The molecule has 15 amide bonds. The molecule has 5 aromatic heterocycles. The fourth-order valence-electron chi connectivity index (χ4n) is 15.1. The minimum absolute atomic E-state index is 0.172. The number of nitrogens with zero attached hydrogens (tertiary/aromatic N) is 2. The van der Waals surface area contributed by atoms with Crippen molar-refractivity contribution in [3.8, 4) is 5.75 Å². The Morgan fingerprint density at radius 3 is 1.04 bits per heavy atom. The van der Waals surface area contributed by atoms with Gasteiger partial charge < -0.3 is 126 Å². The van der Waals surface area contributed by atoms with E-state index >= 15 is 24.0 Å². The van der Waals surface area contributed by atoms with Gasteiger partial charge >= 0.3 is 17.9 Å². The van der Waals surface area contributed by atoms with E-state index in [1.54, 1.807) is 91.4 Å². The van der Waals surface area contributed by atoms with Crippen molar-refractivity contribution in [1.29, 1.82) is 0 Å². The number of phenolic OH excluding ortho intramolecular Hbond substituents is 1. The Labute approximate surface area is 795 Å². The number of benzene rings is 4. The highest BCUT2D eigenvalue weighted by Gasteiger charge is 2.40. The molecule has 0 saturated carbocycles. The van der Waals surface area contributed by atoms with Gasteiger partial charge in [0.15, 0.2) is 0 Å². The lowest BCUT2D eigenvalue weighted by atomic mass is 10.00. The standard InChI is InChI=1S/C91H114N22O22S2/c1-2-3-4-5-6-7-8-9-10-23-75(116)99-44-76(117)102-72(45-136)90(134)103-62(28-29-74(92)115)81(125)109-68(34-53-42-94-47-100-53)86(130)108-66(32-51-40-97-60-21-15-12-18-57(51)60)84(128)106-67(33-52-41-98-61-22-16-13-19-58(52)61)85(129)110-69(35-54-43-95-48-101-54)87(131)107-65(31-50-39-96-59-20-14-11-17-56(50)59)83(127)105-64(30-49-24-26-55(114)27-25-49)82(126)113-73(46-137)91(135)112-71(38-79(122)123)89(133)111-70(37-78(120)121)88(132)104-63(80(93)124)36-77(118)119/h11-22,24-27,39-43,47-48,62-73,96-98,114,136-137H,2-10,23,28-38,44-46H2,1H3,(H2,92,115)(H2,93,124)(H,94,100)(H,95,101)(H,99,116)(H,102,117)(H,103,134)(H,104,132)(H,105,127)(H,106,128)(H,107,131)(H,108,130)(H,109,125)(H,110,129)(H,111,133)(H,112,135)(H,113,126)(H,118,119)(H,120,121)(H,122,123)/t62-,63-,64-,65-,66+,67-,68-,69-,70-,71-,72-,73-/m0/s1. The van der Waals surface area contributed by atoms with Gasteiger partial charge in [-0.2, -0.15) is 25.3 Å². The van der Waals surface area contributed by atoms with Crippen LogP contribution in [0.25, 0.3) is 32.7 Å². The second kappa shape index (κ2) is 53.1. The number of aliphatic carboxylic acids is 3. The minimum Gasteiger partial charge on any atom is -0.508 e. The highest BCUT2D eigenvalue weighted by atomic mass is 32.1. The molecule has 0 radical (unpaired) electrons. The van der Waals surface area contributed by atoms with Crippen LogP contribution < -0.4 is 80.6 Å². The molecule has 0 aliphatic heterocycles. The van der Waals surface area contributed by atoms with Crippen molar-refractivity contribution >= 4 is 164 Å². The number of nitrogens with two attached hydrogens (primary N) is 2. The number of thiol groups is 2. The van der Waals surface area contributed by atoms with Crippen molar-refractivity contribution in [2.75, 3.05) is 18.1 Å². The number of nitrogens with one attached hydrogen (secondary N) is 18. The average molecular weight is 1930 g/mol. The van der Waals surface area contributed by atoms with E-state index in [0.29, 0.717) is 55.8 Å². The summed E-state index contributed by atoms with van der Waals surface area (Å²) < 4.78 is 0. The number of aromatic nitrogens is 7. The van der Waals surface area contributed by atoms with E-state index in [1.165, 1.54) is 62.2 Å². The van der Waals surface area contributed by atoms with Gasteiger partial charge in [-0.15, -0.1) is 0 Å². The van der Waals surface area contributed by atoms with Crippen LogP contribution in [0.3, 0.4) is 0 Å². The van der Waals surface area contributed by atoms with Crippen molar-refractivity contribution in [1.82, 2.24) is 104 Å². The quantitative estimate of drug-likeness (QED) is 0.0175. The molecule has 137 heavy (non-hydrogen) atoms. The van der Waals surface area contributed by atoms with Crippen molar-refractivity contribution in [2.45, 2.75) is 214 Å². The molecular formula is C91H114N22O22S2. The van der Waals surface area contributed by atoms with Gasteiger partial charge in [-0.05, 0) is 65.4 Å². The number of para-hydroxylation sites is 3. The number of hydrogen-bond donors (Lipinski definition) is 26. The van der Waals surface area contributed by atoms with Crippen LogP contribution >= 0.6 is 25.3 Å². The first-order valence-corrected chi connectivity index (χ1v) is 45.7. The molecule has 732 valence electrons. The molecule has 0 aliphatic carbocycles. The number of imidazole rings is 2. The van der Waals surface area contributed by atoms with Gasteiger partial charge in [0.1, 0.15) is 78.3 Å². The second-order valence-electron chi connectivity index (χ2n) is 32.8. The second-order valence-corrected chi connectivity index (χ2v) is 33.5. The number of hydrogen-bond acceptors (Lipinski definition) is 23. The van der Waals surface area contributed by atoms with Gasteiger partial charge in [0.25, 0.3) is 0 Å². The molecule has 9 aromatic rings. The number of aromatic amines is 5. The topological polar surface area (TPSA) is 701 Å². The predicted molar refractivity (Wildman–Crippen MR) is 503 cm³/mol. The average Bonchev–Trinajstić information content (AvgIpc) is 1.75. The Bertz CT molecular complexity index is 5710. The maximum atomic E-state index is 15.9. The zero-order chi connectivity index (χ0) is 99.2. The van der Waals surface area contributed by atoms with Crippen LogP contribution in [0.1, 0.15) is 137 Å². The number of rotatable bonds is 59. The molecule has 26 N–H and O–H groups in total. The monoisotopic (exact) mass is 1930 g/mol. The predicted octanol–water partition coefficient (Wildman–Crippen LogP) is -0.0725. The number of carbonyl (C=O) groups is 18. The fraction of sp³-hybridized carbons (Fsp3) is 0.407. The molecule has 0 saturated heterocycles. The molecule has 0 aliphatic rings. The summed E-state index contributed by atoms with van der Waals surface area (Å²) in [4.78, 5) is 273. The van der Waals surface area contributed by atoms with Crippen LogP contribution in [0.4, 0.5) is 0 Å². The Morgan fingerprint density at radius 1 is 0.350 bits per heavy atom. The van der Waals surface area contributed by atoms with Gasteiger partial charge in [0.05, 0.1) is 49.8 Å². The van der Waals surface area contributed by atoms with E-state index < -0.39 is 230 Å². The lowest BCUT2D eigenvalue weighted by molar-refractivity contribution is -0.144. The number of amides is 15. The van der Waals surface area contributed by atoms with Crippen LogP contribution in [0, 0.1) is 0 Å². The Balaban J connectivity index is 0.991. The van der Waals surface area contributed by atoms with Crippen molar-refractivity contribution < 1.29 is 107 Å². The zero-order valence-electron chi connectivity index (χ0n) is 74.8. The summed E-state index contributed by atoms with van der Waals surface area (Å²) in [6.07, 6.45) is 12.9. The molecule has 12 atom stereocenters. The summed E-state index contributed by atoms with van der Waals surface area (Å²) in [5.41, 5.74) is 14.6.